The number of carbonyl (C=O) groups excluding carboxylic acids is 3. The summed E-state index contributed by atoms with van der Waals surface area (Å²) < 4.78 is 15.7. The summed E-state index contributed by atoms with van der Waals surface area (Å²) in [5.74, 6) is -0.628. The van der Waals surface area contributed by atoms with Crippen LogP contribution in [-0.4, -0.2) is 37.4 Å². The summed E-state index contributed by atoms with van der Waals surface area (Å²) in [5, 5.41) is 5.60. The lowest BCUT2D eigenvalue weighted by atomic mass is 10.1. The standard InChI is InChI=1S/C24H19ClN2O6S/c1-34-15-7-8-18(25)17(11-15)24(30)31-12-22(28)27-19-5-3-2-4-16(19)23(29)26-14-6-9-20-21(10-14)33-13-32-20/h2-11H,12-13H2,1H3,(H,26,29)(H,27,28). The lowest BCUT2D eigenvalue weighted by molar-refractivity contribution is -0.119. The van der Waals surface area contributed by atoms with Crippen LogP contribution in [0.2, 0.25) is 5.02 Å². The number of hydrogen-bond acceptors (Lipinski definition) is 7. The van der Waals surface area contributed by atoms with Crippen LogP contribution in [0.25, 0.3) is 0 Å². The van der Waals surface area contributed by atoms with Crippen molar-refractivity contribution in [2.45, 2.75) is 4.90 Å². The van der Waals surface area contributed by atoms with Gasteiger partial charge in [0.05, 0.1) is 21.8 Å². The molecule has 0 saturated carbocycles. The van der Waals surface area contributed by atoms with E-state index in [0.717, 1.165) is 4.90 Å². The molecule has 3 aromatic carbocycles. The van der Waals surface area contributed by atoms with Crippen LogP contribution in [0, 0.1) is 0 Å². The SMILES string of the molecule is CSc1ccc(Cl)c(C(=O)OCC(=O)Nc2ccccc2C(=O)Nc2ccc3c(c2)OCO3)c1. The van der Waals surface area contributed by atoms with Gasteiger partial charge in [-0.3, -0.25) is 9.59 Å². The Labute approximate surface area is 204 Å². The molecule has 10 heteroatoms. The number of esters is 1. The minimum atomic E-state index is -0.718. The molecule has 0 bridgehead atoms. The van der Waals surface area contributed by atoms with Gasteiger partial charge in [-0.05, 0) is 48.7 Å². The second-order valence-electron chi connectivity index (χ2n) is 7.04. The highest BCUT2D eigenvalue weighted by atomic mass is 35.5. The second-order valence-corrected chi connectivity index (χ2v) is 8.32. The molecule has 0 fully saturated rings. The third kappa shape index (κ3) is 5.44. The highest BCUT2D eigenvalue weighted by Gasteiger charge is 2.18. The Balaban J connectivity index is 1.39. The first kappa shape index (κ1) is 23.5. The molecule has 0 aliphatic carbocycles. The van der Waals surface area contributed by atoms with Crippen LogP contribution in [0.1, 0.15) is 20.7 Å². The summed E-state index contributed by atoms with van der Waals surface area (Å²) in [5.41, 5.74) is 1.18. The molecule has 0 atom stereocenters. The van der Waals surface area contributed by atoms with E-state index in [4.69, 9.17) is 25.8 Å². The summed E-state index contributed by atoms with van der Waals surface area (Å²) in [6.07, 6.45) is 1.87. The van der Waals surface area contributed by atoms with E-state index in [1.165, 1.54) is 11.8 Å². The summed E-state index contributed by atoms with van der Waals surface area (Å²) in [4.78, 5) is 38.5. The van der Waals surface area contributed by atoms with Gasteiger partial charge >= 0.3 is 5.97 Å². The number of para-hydroxylation sites is 1. The van der Waals surface area contributed by atoms with E-state index in [0.29, 0.717) is 17.2 Å². The Morgan fingerprint density at radius 3 is 2.59 bits per heavy atom. The first-order valence-electron chi connectivity index (χ1n) is 10.0. The molecule has 34 heavy (non-hydrogen) atoms. The molecule has 2 amide bonds. The Kier molecular flexibility index (Phi) is 7.24. The quantitative estimate of drug-likeness (QED) is 0.355. The van der Waals surface area contributed by atoms with Crippen molar-refractivity contribution in [2.75, 3.05) is 30.3 Å². The van der Waals surface area contributed by atoms with Crippen LogP contribution in [0.5, 0.6) is 11.5 Å². The van der Waals surface area contributed by atoms with Crippen molar-refractivity contribution in [3.63, 3.8) is 0 Å². The van der Waals surface area contributed by atoms with E-state index < -0.39 is 24.4 Å². The van der Waals surface area contributed by atoms with Crippen LogP contribution < -0.4 is 20.1 Å². The van der Waals surface area contributed by atoms with Gasteiger partial charge in [0.25, 0.3) is 11.8 Å². The van der Waals surface area contributed by atoms with Gasteiger partial charge in [0.1, 0.15) is 0 Å². The third-order valence-electron chi connectivity index (χ3n) is 4.80. The van der Waals surface area contributed by atoms with Crippen molar-refractivity contribution < 1.29 is 28.6 Å². The zero-order chi connectivity index (χ0) is 24.1. The van der Waals surface area contributed by atoms with Crippen molar-refractivity contribution >= 4 is 52.5 Å². The van der Waals surface area contributed by atoms with Crippen LogP contribution >= 0.6 is 23.4 Å². The molecule has 0 spiro atoms. The minimum Gasteiger partial charge on any atom is -0.454 e. The summed E-state index contributed by atoms with van der Waals surface area (Å²) in [7, 11) is 0. The van der Waals surface area contributed by atoms with Crippen LogP contribution in [0.4, 0.5) is 11.4 Å². The monoisotopic (exact) mass is 498 g/mol. The molecule has 4 rings (SSSR count). The van der Waals surface area contributed by atoms with Gasteiger partial charge in [-0.1, -0.05) is 23.7 Å². The predicted molar refractivity (Wildman–Crippen MR) is 129 cm³/mol. The fraction of sp³-hybridized carbons (Fsp3) is 0.125. The van der Waals surface area contributed by atoms with E-state index >= 15 is 0 Å². The van der Waals surface area contributed by atoms with E-state index in [2.05, 4.69) is 10.6 Å². The molecular formula is C24H19ClN2O6S. The lowest BCUT2D eigenvalue weighted by Gasteiger charge is -2.12. The molecule has 174 valence electrons. The number of thioether (sulfide) groups is 1. The van der Waals surface area contributed by atoms with Gasteiger partial charge in [-0.2, -0.15) is 0 Å². The maximum atomic E-state index is 12.8. The fourth-order valence-electron chi connectivity index (χ4n) is 3.15. The number of rotatable bonds is 7. The van der Waals surface area contributed by atoms with Crippen molar-refractivity contribution in [1.29, 1.82) is 0 Å². The zero-order valence-corrected chi connectivity index (χ0v) is 19.5. The van der Waals surface area contributed by atoms with Crippen LogP contribution in [-0.2, 0) is 9.53 Å². The van der Waals surface area contributed by atoms with Gasteiger partial charge < -0.3 is 24.8 Å². The molecular weight excluding hydrogens is 480 g/mol. The topological polar surface area (TPSA) is 103 Å². The van der Waals surface area contributed by atoms with E-state index in [1.54, 1.807) is 60.7 Å². The zero-order valence-electron chi connectivity index (χ0n) is 17.9. The number of nitrogens with one attached hydrogen (secondary N) is 2. The lowest BCUT2D eigenvalue weighted by Crippen LogP contribution is -2.23. The first-order valence-corrected chi connectivity index (χ1v) is 11.7. The fourth-order valence-corrected chi connectivity index (χ4v) is 3.78. The number of fused-ring (bicyclic) bond motifs is 1. The number of anilines is 2. The number of carbonyl (C=O) groups is 3. The van der Waals surface area contributed by atoms with Gasteiger partial charge in [0.15, 0.2) is 18.1 Å². The molecule has 1 aliphatic rings. The molecule has 0 radical (unpaired) electrons. The van der Waals surface area contributed by atoms with Gasteiger partial charge in [0, 0.05) is 16.6 Å². The number of hydrogen-bond donors (Lipinski definition) is 2. The van der Waals surface area contributed by atoms with Crippen molar-refractivity contribution in [1.82, 2.24) is 0 Å². The molecule has 3 aromatic rings. The normalized spacial score (nSPS) is 11.6. The summed E-state index contributed by atoms with van der Waals surface area (Å²) >= 11 is 7.53. The third-order valence-corrected chi connectivity index (χ3v) is 5.86. The Hall–Kier alpha value is -3.69. The molecule has 0 unspecified atom stereocenters. The maximum Gasteiger partial charge on any atom is 0.340 e. The smallest absolute Gasteiger partial charge is 0.340 e. The van der Waals surface area contributed by atoms with E-state index in [1.807, 2.05) is 6.26 Å². The van der Waals surface area contributed by atoms with Crippen molar-refractivity contribution in [3.8, 4) is 11.5 Å². The van der Waals surface area contributed by atoms with E-state index in [9.17, 15) is 14.4 Å². The van der Waals surface area contributed by atoms with Crippen molar-refractivity contribution in [2.24, 2.45) is 0 Å². The van der Waals surface area contributed by atoms with Gasteiger partial charge in [-0.15, -0.1) is 11.8 Å². The van der Waals surface area contributed by atoms with Crippen molar-refractivity contribution in [3.05, 3.63) is 76.8 Å². The molecule has 8 nitrogen and oxygen atoms in total. The second kappa shape index (κ2) is 10.5. The van der Waals surface area contributed by atoms with Gasteiger partial charge in [-0.25, -0.2) is 4.79 Å². The Morgan fingerprint density at radius 1 is 0.971 bits per heavy atom. The maximum absolute atomic E-state index is 12.8. The predicted octanol–water partition coefficient (Wildman–Crippen LogP) is 4.84. The molecule has 1 aliphatic heterocycles. The number of ether oxygens (including phenoxy) is 3. The largest absolute Gasteiger partial charge is 0.454 e. The average molecular weight is 499 g/mol. The average Bonchev–Trinajstić information content (AvgIpc) is 3.31. The van der Waals surface area contributed by atoms with Crippen LogP contribution in [0.15, 0.2) is 65.6 Å². The minimum absolute atomic E-state index is 0.126. The first-order chi connectivity index (χ1) is 16.4. The molecule has 1 heterocycles. The Morgan fingerprint density at radius 2 is 1.76 bits per heavy atom. The van der Waals surface area contributed by atoms with Gasteiger partial charge in [0.2, 0.25) is 6.79 Å². The number of amides is 2. The molecule has 0 saturated heterocycles. The summed E-state index contributed by atoms with van der Waals surface area (Å²) in [6.45, 7) is -0.419. The highest BCUT2D eigenvalue weighted by molar-refractivity contribution is 7.98. The number of halogens is 1. The molecule has 2 N–H and O–H groups in total. The van der Waals surface area contributed by atoms with Crippen LogP contribution in [0.3, 0.4) is 0 Å². The number of benzene rings is 3. The van der Waals surface area contributed by atoms with E-state index in [-0.39, 0.29) is 28.6 Å². The highest BCUT2D eigenvalue weighted by Crippen LogP contribution is 2.34. The Bertz CT molecular complexity index is 1270. The molecule has 0 aromatic heterocycles. The summed E-state index contributed by atoms with van der Waals surface area (Å²) in [6, 6.07) is 16.5.